The van der Waals surface area contributed by atoms with Gasteiger partial charge in [0.15, 0.2) is 0 Å². The van der Waals surface area contributed by atoms with Gasteiger partial charge in [-0.05, 0) is 31.4 Å². The van der Waals surface area contributed by atoms with Crippen LogP contribution >= 0.6 is 11.8 Å². The highest BCUT2D eigenvalue weighted by molar-refractivity contribution is 7.99. The largest absolute Gasteiger partial charge is 0.310 e. The molecule has 2 unspecified atom stereocenters. The molecule has 0 aliphatic heterocycles. The summed E-state index contributed by atoms with van der Waals surface area (Å²) in [6.07, 6.45) is 13.0. The first-order valence-electron chi connectivity index (χ1n) is 7.28. The monoisotopic (exact) mass is 241 g/mol. The standard InChI is InChI=1S/C14H27NS/c1-2-16-14-11-7-10-13(14)15-12-8-5-3-4-6-9-12/h12-15H,2-11H2,1H3. The second kappa shape index (κ2) is 6.90. The Balaban J connectivity index is 1.78. The lowest BCUT2D eigenvalue weighted by atomic mass is 10.1. The Morgan fingerprint density at radius 2 is 1.69 bits per heavy atom. The average Bonchev–Trinajstić information content (AvgIpc) is 2.56. The molecule has 2 aliphatic carbocycles. The van der Waals surface area contributed by atoms with Gasteiger partial charge in [-0.1, -0.05) is 39.0 Å². The summed E-state index contributed by atoms with van der Waals surface area (Å²) in [5.41, 5.74) is 0. The third-order valence-corrected chi connectivity index (χ3v) is 5.46. The Morgan fingerprint density at radius 3 is 2.38 bits per heavy atom. The van der Waals surface area contributed by atoms with E-state index in [1.807, 2.05) is 0 Å². The molecule has 2 aliphatic rings. The Morgan fingerprint density at radius 1 is 0.938 bits per heavy atom. The van der Waals surface area contributed by atoms with Crippen LogP contribution in [0.4, 0.5) is 0 Å². The summed E-state index contributed by atoms with van der Waals surface area (Å²) in [4.78, 5) is 0. The summed E-state index contributed by atoms with van der Waals surface area (Å²) >= 11 is 2.18. The number of thioether (sulfide) groups is 1. The SMILES string of the molecule is CCSC1CCCC1NC1CCCCCC1. The molecule has 0 spiro atoms. The van der Waals surface area contributed by atoms with Crippen molar-refractivity contribution in [3.8, 4) is 0 Å². The normalized spacial score (nSPS) is 32.8. The van der Waals surface area contributed by atoms with Gasteiger partial charge >= 0.3 is 0 Å². The molecule has 2 atom stereocenters. The molecule has 2 fully saturated rings. The molecule has 0 heterocycles. The van der Waals surface area contributed by atoms with Crippen molar-refractivity contribution in [2.24, 2.45) is 0 Å². The molecule has 2 heteroatoms. The van der Waals surface area contributed by atoms with Crippen molar-refractivity contribution in [1.82, 2.24) is 5.32 Å². The maximum Gasteiger partial charge on any atom is 0.0201 e. The van der Waals surface area contributed by atoms with Crippen LogP contribution in [0.5, 0.6) is 0 Å². The van der Waals surface area contributed by atoms with Crippen molar-refractivity contribution in [2.75, 3.05) is 5.75 Å². The molecule has 0 amide bonds. The van der Waals surface area contributed by atoms with E-state index in [1.54, 1.807) is 0 Å². The molecule has 0 radical (unpaired) electrons. The van der Waals surface area contributed by atoms with Crippen LogP contribution in [0.25, 0.3) is 0 Å². The lowest BCUT2D eigenvalue weighted by Crippen LogP contribution is -2.41. The molecule has 0 aromatic carbocycles. The molecule has 16 heavy (non-hydrogen) atoms. The maximum absolute atomic E-state index is 3.97. The minimum Gasteiger partial charge on any atom is -0.310 e. The fraction of sp³-hybridized carbons (Fsp3) is 1.00. The van der Waals surface area contributed by atoms with E-state index in [4.69, 9.17) is 0 Å². The van der Waals surface area contributed by atoms with Gasteiger partial charge in [0.1, 0.15) is 0 Å². The van der Waals surface area contributed by atoms with Gasteiger partial charge in [-0.25, -0.2) is 0 Å². The molecule has 0 aromatic rings. The highest BCUT2D eigenvalue weighted by Crippen LogP contribution is 2.31. The molecule has 94 valence electrons. The van der Waals surface area contributed by atoms with Crippen molar-refractivity contribution in [1.29, 1.82) is 0 Å². The van der Waals surface area contributed by atoms with Gasteiger partial charge in [0.2, 0.25) is 0 Å². The smallest absolute Gasteiger partial charge is 0.0201 e. The lowest BCUT2D eigenvalue weighted by molar-refractivity contribution is 0.400. The Hall–Kier alpha value is 0.310. The van der Waals surface area contributed by atoms with Crippen LogP contribution in [0.3, 0.4) is 0 Å². The summed E-state index contributed by atoms with van der Waals surface area (Å²) < 4.78 is 0. The summed E-state index contributed by atoms with van der Waals surface area (Å²) in [7, 11) is 0. The van der Waals surface area contributed by atoms with Gasteiger partial charge in [0, 0.05) is 17.3 Å². The van der Waals surface area contributed by atoms with Crippen LogP contribution in [0.1, 0.15) is 64.7 Å². The van der Waals surface area contributed by atoms with Gasteiger partial charge in [-0.2, -0.15) is 11.8 Å². The average molecular weight is 241 g/mol. The van der Waals surface area contributed by atoms with Crippen LogP contribution in [0.15, 0.2) is 0 Å². The Bertz CT molecular complexity index is 187. The van der Waals surface area contributed by atoms with E-state index in [0.29, 0.717) is 0 Å². The number of hydrogen-bond acceptors (Lipinski definition) is 2. The minimum atomic E-state index is 0.827. The summed E-state index contributed by atoms with van der Waals surface area (Å²) in [6, 6.07) is 1.67. The van der Waals surface area contributed by atoms with Crippen molar-refractivity contribution in [2.45, 2.75) is 82.0 Å². The molecule has 1 nitrogen and oxygen atoms in total. The quantitative estimate of drug-likeness (QED) is 0.747. The predicted molar refractivity (Wildman–Crippen MR) is 74.2 cm³/mol. The third-order valence-electron chi connectivity index (χ3n) is 4.14. The van der Waals surface area contributed by atoms with Crippen LogP contribution < -0.4 is 5.32 Å². The highest BCUT2D eigenvalue weighted by atomic mass is 32.2. The molecule has 0 aromatic heterocycles. The van der Waals surface area contributed by atoms with Crippen molar-refractivity contribution < 1.29 is 0 Å². The number of nitrogens with one attached hydrogen (secondary N) is 1. The second-order valence-corrected chi connectivity index (χ2v) is 6.90. The first-order valence-corrected chi connectivity index (χ1v) is 8.32. The Kier molecular flexibility index (Phi) is 5.51. The third kappa shape index (κ3) is 3.66. The van der Waals surface area contributed by atoms with E-state index < -0.39 is 0 Å². The van der Waals surface area contributed by atoms with Gasteiger partial charge in [-0.15, -0.1) is 0 Å². The molecular weight excluding hydrogens is 214 g/mol. The maximum atomic E-state index is 3.97. The Labute approximate surface area is 105 Å². The van der Waals surface area contributed by atoms with E-state index in [1.165, 1.54) is 63.5 Å². The fourth-order valence-electron chi connectivity index (χ4n) is 3.28. The lowest BCUT2D eigenvalue weighted by Gasteiger charge is -2.26. The molecule has 1 N–H and O–H groups in total. The van der Waals surface area contributed by atoms with Crippen LogP contribution in [0.2, 0.25) is 0 Å². The molecule has 2 rings (SSSR count). The second-order valence-electron chi connectivity index (χ2n) is 5.39. The summed E-state index contributed by atoms with van der Waals surface area (Å²) in [6.45, 7) is 2.30. The summed E-state index contributed by atoms with van der Waals surface area (Å²) in [5.74, 6) is 1.29. The van der Waals surface area contributed by atoms with E-state index in [2.05, 4.69) is 24.0 Å². The van der Waals surface area contributed by atoms with E-state index in [-0.39, 0.29) is 0 Å². The van der Waals surface area contributed by atoms with E-state index >= 15 is 0 Å². The zero-order valence-electron chi connectivity index (χ0n) is 10.7. The zero-order valence-corrected chi connectivity index (χ0v) is 11.5. The highest BCUT2D eigenvalue weighted by Gasteiger charge is 2.28. The van der Waals surface area contributed by atoms with Gasteiger partial charge in [0.05, 0.1) is 0 Å². The molecule has 2 saturated carbocycles. The zero-order chi connectivity index (χ0) is 11.2. The number of hydrogen-bond donors (Lipinski definition) is 1. The van der Waals surface area contributed by atoms with Crippen LogP contribution in [-0.4, -0.2) is 23.1 Å². The van der Waals surface area contributed by atoms with Crippen LogP contribution in [0, 0.1) is 0 Å². The fourth-order valence-corrected chi connectivity index (χ4v) is 4.49. The van der Waals surface area contributed by atoms with Gasteiger partial charge in [0.25, 0.3) is 0 Å². The topological polar surface area (TPSA) is 12.0 Å². The first kappa shape index (κ1) is 12.8. The molecular formula is C14H27NS. The van der Waals surface area contributed by atoms with Gasteiger partial charge in [-0.3, -0.25) is 0 Å². The van der Waals surface area contributed by atoms with Crippen molar-refractivity contribution in [3.05, 3.63) is 0 Å². The molecule has 0 bridgehead atoms. The van der Waals surface area contributed by atoms with Crippen molar-refractivity contribution >= 4 is 11.8 Å². The number of rotatable bonds is 4. The van der Waals surface area contributed by atoms with E-state index in [0.717, 1.165) is 17.3 Å². The minimum absolute atomic E-state index is 0.827. The van der Waals surface area contributed by atoms with E-state index in [9.17, 15) is 0 Å². The van der Waals surface area contributed by atoms with Gasteiger partial charge < -0.3 is 5.32 Å². The molecule has 0 saturated heterocycles. The summed E-state index contributed by atoms with van der Waals surface area (Å²) in [5, 5.41) is 4.88. The van der Waals surface area contributed by atoms with Crippen LogP contribution in [-0.2, 0) is 0 Å². The van der Waals surface area contributed by atoms with Crippen molar-refractivity contribution in [3.63, 3.8) is 0 Å². The predicted octanol–water partition coefficient (Wildman–Crippen LogP) is 3.97. The first-order chi connectivity index (χ1) is 7.90.